The van der Waals surface area contributed by atoms with Crippen LogP contribution in [0.25, 0.3) is 0 Å². The molecule has 1 aliphatic rings. The molecule has 1 N–H and O–H groups in total. The van der Waals surface area contributed by atoms with Gasteiger partial charge in [0.15, 0.2) is 0 Å². The molecule has 7 heteroatoms. The van der Waals surface area contributed by atoms with Crippen molar-refractivity contribution in [2.75, 3.05) is 38.0 Å². The van der Waals surface area contributed by atoms with Crippen molar-refractivity contribution >= 4 is 17.5 Å². The van der Waals surface area contributed by atoms with E-state index >= 15 is 0 Å². The number of piperazine rings is 1. The van der Waals surface area contributed by atoms with Crippen LogP contribution in [0.5, 0.6) is 0 Å². The topological polar surface area (TPSA) is 52.7 Å². The van der Waals surface area contributed by atoms with Crippen molar-refractivity contribution in [3.63, 3.8) is 0 Å². The van der Waals surface area contributed by atoms with Crippen molar-refractivity contribution in [1.82, 2.24) is 9.80 Å². The number of hydrogen-bond donors (Lipinski definition) is 1. The zero-order valence-corrected chi connectivity index (χ0v) is 15.0. The molecule has 0 saturated carbocycles. The van der Waals surface area contributed by atoms with Gasteiger partial charge in [-0.15, -0.1) is 0 Å². The van der Waals surface area contributed by atoms with E-state index in [1.54, 1.807) is 4.90 Å². The fraction of sp³-hybridized carbons (Fsp3) is 0.300. The number of anilines is 1. The minimum Gasteiger partial charge on any atom is -0.336 e. The van der Waals surface area contributed by atoms with Crippen LogP contribution in [-0.2, 0) is 4.79 Å². The van der Waals surface area contributed by atoms with Gasteiger partial charge in [0.25, 0.3) is 5.91 Å². The largest absolute Gasteiger partial charge is 0.336 e. The van der Waals surface area contributed by atoms with Crippen LogP contribution in [0.2, 0.25) is 0 Å². The zero-order valence-electron chi connectivity index (χ0n) is 15.0. The van der Waals surface area contributed by atoms with Gasteiger partial charge in [0.2, 0.25) is 5.91 Å². The van der Waals surface area contributed by atoms with Crippen LogP contribution in [0, 0.1) is 18.6 Å². The minimum absolute atomic E-state index is 0.00179. The standard InChI is InChI=1S/C20H21F2N3O2/c1-14-2-4-18(5-3-14)23-19(26)13-24-6-8-25(9-7-24)20(27)15-10-16(21)12-17(22)11-15/h2-5,10-12H,6-9,13H2,1H3,(H,23,26). The molecule has 0 radical (unpaired) electrons. The molecular weight excluding hydrogens is 352 g/mol. The van der Waals surface area contributed by atoms with Gasteiger partial charge in [-0.25, -0.2) is 8.78 Å². The summed E-state index contributed by atoms with van der Waals surface area (Å²) in [5, 5.41) is 2.84. The minimum atomic E-state index is -0.773. The highest BCUT2D eigenvalue weighted by Crippen LogP contribution is 2.13. The van der Waals surface area contributed by atoms with Crippen LogP contribution < -0.4 is 5.32 Å². The summed E-state index contributed by atoms with van der Waals surface area (Å²) in [5.74, 6) is -2.07. The van der Waals surface area contributed by atoms with Crippen LogP contribution in [-0.4, -0.2) is 54.3 Å². The number of nitrogens with one attached hydrogen (secondary N) is 1. The summed E-state index contributed by atoms with van der Waals surface area (Å²) in [6.07, 6.45) is 0. The van der Waals surface area contributed by atoms with E-state index in [1.807, 2.05) is 36.1 Å². The number of hydrogen-bond acceptors (Lipinski definition) is 3. The molecule has 27 heavy (non-hydrogen) atoms. The van der Waals surface area contributed by atoms with E-state index in [1.165, 1.54) is 0 Å². The number of aryl methyl sites for hydroxylation is 1. The maximum absolute atomic E-state index is 13.3. The predicted octanol–water partition coefficient (Wildman–Crippen LogP) is 2.67. The number of nitrogens with zero attached hydrogens (tertiary/aromatic N) is 2. The summed E-state index contributed by atoms with van der Waals surface area (Å²) >= 11 is 0. The number of amides is 2. The number of carbonyl (C=O) groups excluding carboxylic acids is 2. The maximum atomic E-state index is 13.3. The molecule has 0 atom stereocenters. The van der Waals surface area contributed by atoms with Crippen LogP contribution in [0.3, 0.4) is 0 Å². The molecule has 1 heterocycles. The van der Waals surface area contributed by atoms with Crippen LogP contribution in [0.15, 0.2) is 42.5 Å². The molecule has 2 aromatic rings. The Balaban J connectivity index is 1.50. The van der Waals surface area contributed by atoms with Gasteiger partial charge in [-0.2, -0.15) is 0 Å². The van der Waals surface area contributed by atoms with E-state index in [2.05, 4.69) is 5.32 Å². The van der Waals surface area contributed by atoms with Gasteiger partial charge in [-0.05, 0) is 31.2 Å². The van der Waals surface area contributed by atoms with Gasteiger partial charge in [-0.1, -0.05) is 17.7 Å². The molecule has 1 fully saturated rings. The van der Waals surface area contributed by atoms with Gasteiger partial charge >= 0.3 is 0 Å². The molecule has 5 nitrogen and oxygen atoms in total. The zero-order chi connectivity index (χ0) is 19.4. The first-order chi connectivity index (χ1) is 12.9. The number of benzene rings is 2. The summed E-state index contributed by atoms with van der Waals surface area (Å²) < 4.78 is 26.6. The van der Waals surface area contributed by atoms with Crippen molar-refractivity contribution in [2.45, 2.75) is 6.92 Å². The van der Waals surface area contributed by atoms with Gasteiger partial charge < -0.3 is 10.2 Å². The second-order valence-electron chi connectivity index (χ2n) is 6.64. The molecule has 2 aromatic carbocycles. The molecule has 0 unspecified atom stereocenters. The Morgan fingerprint density at radius 1 is 0.963 bits per heavy atom. The first kappa shape index (κ1) is 19.0. The second kappa shape index (κ2) is 8.26. The van der Waals surface area contributed by atoms with Crippen molar-refractivity contribution in [1.29, 1.82) is 0 Å². The molecule has 0 spiro atoms. The molecule has 0 bridgehead atoms. The lowest BCUT2D eigenvalue weighted by Crippen LogP contribution is -2.50. The molecule has 1 saturated heterocycles. The average Bonchev–Trinajstić information content (AvgIpc) is 2.63. The highest BCUT2D eigenvalue weighted by atomic mass is 19.1. The van der Waals surface area contributed by atoms with Crippen molar-refractivity contribution in [3.05, 3.63) is 65.2 Å². The van der Waals surface area contributed by atoms with E-state index < -0.39 is 17.5 Å². The monoisotopic (exact) mass is 373 g/mol. The highest BCUT2D eigenvalue weighted by molar-refractivity contribution is 5.94. The molecule has 3 rings (SSSR count). The molecular formula is C20H21F2N3O2. The smallest absolute Gasteiger partial charge is 0.254 e. The third-order valence-electron chi connectivity index (χ3n) is 4.47. The lowest BCUT2D eigenvalue weighted by atomic mass is 10.1. The first-order valence-corrected chi connectivity index (χ1v) is 8.75. The van der Waals surface area contributed by atoms with E-state index in [-0.39, 0.29) is 18.0 Å². The van der Waals surface area contributed by atoms with Crippen molar-refractivity contribution in [2.24, 2.45) is 0 Å². The van der Waals surface area contributed by atoms with E-state index in [9.17, 15) is 18.4 Å². The Morgan fingerprint density at radius 3 is 2.15 bits per heavy atom. The quantitative estimate of drug-likeness (QED) is 0.897. The Kier molecular flexibility index (Phi) is 5.81. The summed E-state index contributed by atoms with van der Waals surface area (Å²) in [7, 11) is 0. The summed E-state index contributed by atoms with van der Waals surface area (Å²) in [6.45, 7) is 4.04. The molecule has 2 amide bonds. The Labute approximate surface area is 156 Å². The Morgan fingerprint density at radius 2 is 1.56 bits per heavy atom. The van der Waals surface area contributed by atoms with Gasteiger partial charge in [0.1, 0.15) is 11.6 Å². The predicted molar refractivity (Wildman–Crippen MR) is 98.5 cm³/mol. The van der Waals surface area contributed by atoms with Crippen molar-refractivity contribution in [3.8, 4) is 0 Å². The fourth-order valence-corrected chi connectivity index (χ4v) is 3.01. The van der Waals surface area contributed by atoms with Crippen molar-refractivity contribution < 1.29 is 18.4 Å². The Hall–Kier alpha value is -2.80. The third-order valence-corrected chi connectivity index (χ3v) is 4.47. The molecule has 0 aromatic heterocycles. The van der Waals surface area contributed by atoms with Gasteiger partial charge in [0, 0.05) is 43.5 Å². The summed E-state index contributed by atoms with van der Waals surface area (Å²) in [5.41, 5.74) is 1.86. The third kappa shape index (κ3) is 5.10. The second-order valence-corrected chi connectivity index (χ2v) is 6.64. The van der Waals surface area contributed by atoms with Crippen LogP contribution in [0.4, 0.5) is 14.5 Å². The highest BCUT2D eigenvalue weighted by Gasteiger charge is 2.24. The average molecular weight is 373 g/mol. The molecule has 0 aliphatic carbocycles. The van der Waals surface area contributed by atoms with Crippen LogP contribution >= 0.6 is 0 Å². The summed E-state index contributed by atoms with van der Waals surface area (Å²) in [6, 6.07) is 10.4. The fourth-order valence-electron chi connectivity index (χ4n) is 3.01. The van der Waals surface area contributed by atoms with E-state index in [0.29, 0.717) is 26.2 Å². The van der Waals surface area contributed by atoms with Gasteiger partial charge in [0.05, 0.1) is 6.54 Å². The molecule has 142 valence electrons. The maximum Gasteiger partial charge on any atom is 0.254 e. The normalized spacial score (nSPS) is 14.9. The lowest BCUT2D eigenvalue weighted by Gasteiger charge is -2.34. The summed E-state index contributed by atoms with van der Waals surface area (Å²) in [4.78, 5) is 28.0. The number of halogens is 2. The van der Waals surface area contributed by atoms with E-state index in [4.69, 9.17) is 0 Å². The van der Waals surface area contributed by atoms with Gasteiger partial charge in [-0.3, -0.25) is 14.5 Å². The SMILES string of the molecule is Cc1ccc(NC(=O)CN2CCN(C(=O)c3cc(F)cc(F)c3)CC2)cc1. The molecule has 1 aliphatic heterocycles. The van der Waals surface area contributed by atoms with E-state index in [0.717, 1.165) is 29.4 Å². The first-order valence-electron chi connectivity index (χ1n) is 8.75. The number of rotatable bonds is 4. The lowest BCUT2D eigenvalue weighted by molar-refractivity contribution is -0.117. The van der Waals surface area contributed by atoms with Crippen LogP contribution in [0.1, 0.15) is 15.9 Å². The number of carbonyl (C=O) groups is 2. The Bertz CT molecular complexity index is 811.